The average Bonchev–Trinajstić information content (AvgIpc) is 2.89. The molecule has 0 fully saturated rings. The summed E-state index contributed by atoms with van der Waals surface area (Å²) in [6.07, 6.45) is 0. The molecule has 1 heterocycles. The Balaban J connectivity index is 1.99. The summed E-state index contributed by atoms with van der Waals surface area (Å²) in [6.45, 7) is 2.07. The Labute approximate surface area is 131 Å². The van der Waals surface area contributed by atoms with Gasteiger partial charge in [0, 0.05) is 21.5 Å². The van der Waals surface area contributed by atoms with Crippen LogP contribution in [0.15, 0.2) is 47.8 Å². The molecular weight excluding hydrogens is 309 g/mol. The van der Waals surface area contributed by atoms with Crippen LogP contribution in [0.3, 0.4) is 0 Å². The number of hydrogen-bond acceptors (Lipinski definition) is 2. The van der Waals surface area contributed by atoms with E-state index < -0.39 is 0 Å². The van der Waals surface area contributed by atoms with Crippen LogP contribution in [-0.4, -0.2) is 4.98 Å². The molecule has 0 atom stereocenters. The van der Waals surface area contributed by atoms with E-state index in [2.05, 4.69) is 36.2 Å². The number of hydrogen-bond donors (Lipinski definition) is 0. The summed E-state index contributed by atoms with van der Waals surface area (Å²) in [5.74, 6) is 0. The largest absolute Gasteiger partial charge is 0.236 e. The number of benzene rings is 2. The molecule has 3 aromatic rings. The first-order valence-electron chi connectivity index (χ1n) is 6.11. The zero-order chi connectivity index (χ0) is 14.1. The van der Waals surface area contributed by atoms with Crippen LogP contribution >= 0.6 is 34.5 Å². The van der Waals surface area contributed by atoms with Gasteiger partial charge < -0.3 is 0 Å². The van der Waals surface area contributed by atoms with E-state index in [0.29, 0.717) is 10.0 Å². The second kappa shape index (κ2) is 5.57. The zero-order valence-corrected chi connectivity index (χ0v) is 13.1. The number of halogens is 2. The normalized spacial score (nSPS) is 10.8. The molecule has 1 nitrogen and oxygen atoms in total. The third-order valence-electron chi connectivity index (χ3n) is 3.01. The van der Waals surface area contributed by atoms with Gasteiger partial charge in [0.15, 0.2) is 0 Å². The van der Waals surface area contributed by atoms with Crippen LogP contribution in [-0.2, 0) is 0 Å². The number of thiazole rings is 1. The van der Waals surface area contributed by atoms with Crippen LogP contribution in [0.1, 0.15) is 5.56 Å². The molecule has 0 amide bonds. The summed E-state index contributed by atoms with van der Waals surface area (Å²) in [6, 6.07) is 13.8. The first kappa shape index (κ1) is 13.6. The second-order valence-electron chi connectivity index (χ2n) is 4.53. The van der Waals surface area contributed by atoms with Gasteiger partial charge in [-0.15, -0.1) is 11.3 Å². The van der Waals surface area contributed by atoms with Crippen LogP contribution in [0.4, 0.5) is 0 Å². The summed E-state index contributed by atoms with van der Waals surface area (Å²) >= 11 is 13.8. The predicted molar refractivity (Wildman–Crippen MR) is 87.7 cm³/mol. The summed E-state index contributed by atoms with van der Waals surface area (Å²) in [7, 11) is 0. The molecule has 20 heavy (non-hydrogen) atoms. The van der Waals surface area contributed by atoms with Gasteiger partial charge in [-0.2, -0.15) is 0 Å². The van der Waals surface area contributed by atoms with E-state index in [4.69, 9.17) is 23.2 Å². The van der Waals surface area contributed by atoms with Crippen LogP contribution in [0.2, 0.25) is 10.0 Å². The molecule has 0 spiro atoms. The standard InChI is InChI=1S/C16H11Cl2NS/c1-10-2-4-11(5-3-10)16-19-15(9-20-16)13-7-6-12(17)8-14(13)18/h2-9H,1H3. The van der Waals surface area contributed by atoms with Crippen LogP contribution in [0.5, 0.6) is 0 Å². The Kier molecular flexibility index (Phi) is 3.79. The number of nitrogens with zero attached hydrogens (tertiary/aromatic N) is 1. The van der Waals surface area contributed by atoms with E-state index in [1.165, 1.54) is 5.56 Å². The van der Waals surface area contributed by atoms with Crippen LogP contribution in [0.25, 0.3) is 21.8 Å². The molecule has 4 heteroatoms. The highest BCUT2D eigenvalue weighted by atomic mass is 35.5. The van der Waals surface area contributed by atoms with Crippen LogP contribution < -0.4 is 0 Å². The summed E-state index contributed by atoms with van der Waals surface area (Å²) < 4.78 is 0. The van der Waals surface area contributed by atoms with Crippen molar-refractivity contribution in [3.63, 3.8) is 0 Å². The number of rotatable bonds is 2. The monoisotopic (exact) mass is 319 g/mol. The topological polar surface area (TPSA) is 12.9 Å². The maximum absolute atomic E-state index is 6.22. The van der Waals surface area contributed by atoms with Gasteiger partial charge in [-0.25, -0.2) is 4.98 Å². The lowest BCUT2D eigenvalue weighted by atomic mass is 10.1. The van der Waals surface area contributed by atoms with E-state index in [9.17, 15) is 0 Å². The third kappa shape index (κ3) is 2.73. The van der Waals surface area contributed by atoms with Crippen molar-refractivity contribution in [2.24, 2.45) is 0 Å². The lowest BCUT2D eigenvalue weighted by Crippen LogP contribution is -1.81. The van der Waals surface area contributed by atoms with E-state index in [-0.39, 0.29) is 0 Å². The van der Waals surface area contributed by atoms with E-state index in [1.54, 1.807) is 17.4 Å². The van der Waals surface area contributed by atoms with Crippen molar-refractivity contribution in [1.29, 1.82) is 0 Å². The Morgan fingerprint density at radius 3 is 2.45 bits per heavy atom. The summed E-state index contributed by atoms with van der Waals surface area (Å²) in [4.78, 5) is 4.66. The zero-order valence-electron chi connectivity index (χ0n) is 10.7. The quantitative estimate of drug-likeness (QED) is 0.556. The second-order valence-corrected chi connectivity index (χ2v) is 6.23. The Bertz CT molecular complexity index is 747. The van der Waals surface area contributed by atoms with Gasteiger partial charge in [-0.3, -0.25) is 0 Å². The predicted octanol–water partition coefficient (Wildman–Crippen LogP) is 6.09. The fourth-order valence-corrected chi connectivity index (χ4v) is 3.25. The van der Waals surface area contributed by atoms with Gasteiger partial charge in [0.05, 0.1) is 10.7 Å². The number of aryl methyl sites for hydroxylation is 1. The molecule has 0 aliphatic rings. The van der Waals surface area contributed by atoms with E-state index in [1.807, 2.05) is 17.5 Å². The van der Waals surface area contributed by atoms with Crippen molar-refractivity contribution in [2.75, 3.05) is 0 Å². The van der Waals surface area contributed by atoms with Crippen LogP contribution in [0, 0.1) is 6.92 Å². The van der Waals surface area contributed by atoms with Crippen molar-refractivity contribution in [3.05, 3.63) is 63.5 Å². The molecule has 2 aromatic carbocycles. The van der Waals surface area contributed by atoms with E-state index >= 15 is 0 Å². The highest BCUT2D eigenvalue weighted by molar-refractivity contribution is 7.13. The van der Waals surface area contributed by atoms with E-state index in [0.717, 1.165) is 21.8 Å². The maximum Gasteiger partial charge on any atom is 0.124 e. The van der Waals surface area contributed by atoms with Crippen molar-refractivity contribution in [2.45, 2.75) is 6.92 Å². The minimum absolute atomic E-state index is 0.623. The van der Waals surface area contributed by atoms with Crippen molar-refractivity contribution < 1.29 is 0 Å². The first-order chi connectivity index (χ1) is 9.63. The molecule has 0 unspecified atom stereocenters. The Morgan fingerprint density at radius 2 is 1.75 bits per heavy atom. The minimum atomic E-state index is 0.623. The molecule has 1 aromatic heterocycles. The molecule has 100 valence electrons. The smallest absolute Gasteiger partial charge is 0.124 e. The van der Waals surface area contributed by atoms with Crippen molar-refractivity contribution in [3.8, 4) is 21.8 Å². The highest BCUT2D eigenvalue weighted by Crippen LogP contribution is 2.33. The molecular formula is C16H11Cl2NS. The minimum Gasteiger partial charge on any atom is -0.236 e. The van der Waals surface area contributed by atoms with Gasteiger partial charge in [0.25, 0.3) is 0 Å². The molecule has 0 saturated carbocycles. The SMILES string of the molecule is Cc1ccc(-c2nc(-c3ccc(Cl)cc3Cl)cs2)cc1. The molecule has 0 radical (unpaired) electrons. The lowest BCUT2D eigenvalue weighted by Gasteiger charge is -2.01. The Morgan fingerprint density at radius 1 is 1.00 bits per heavy atom. The van der Waals surface area contributed by atoms with Gasteiger partial charge >= 0.3 is 0 Å². The fraction of sp³-hybridized carbons (Fsp3) is 0.0625. The number of aromatic nitrogens is 1. The van der Waals surface area contributed by atoms with Crippen molar-refractivity contribution >= 4 is 34.5 Å². The summed E-state index contributed by atoms with van der Waals surface area (Å²) in [5.41, 5.74) is 4.15. The molecule has 0 N–H and O–H groups in total. The first-order valence-corrected chi connectivity index (χ1v) is 7.75. The summed E-state index contributed by atoms with van der Waals surface area (Å²) in [5, 5.41) is 4.27. The van der Waals surface area contributed by atoms with Gasteiger partial charge in [0.2, 0.25) is 0 Å². The van der Waals surface area contributed by atoms with Gasteiger partial charge in [-0.05, 0) is 25.1 Å². The maximum atomic E-state index is 6.22. The molecule has 0 saturated heterocycles. The molecule has 0 aliphatic heterocycles. The van der Waals surface area contributed by atoms with Gasteiger partial charge in [-0.1, -0.05) is 53.0 Å². The Hall–Kier alpha value is -1.35. The highest BCUT2D eigenvalue weighted by Gasteiger charge is 2.10. The third-order valence-corrected chi connectivity index (χ3v) is 4.45. The average molecular weight is 320 g/mol. The molecule has 0 bridgehead atoms. The molecule has 3 rings (SSSR count). The lowest BCUT2D eigenvalue weighted by molar-refractivity contribution is 1.39. The molecule has 0 aliphatic carbocycles. The fourth-order valence-electron chi connectivity index (χ4n) is 1.92. The van der Waals surface area contributed by atoms with Gasteiger partial charge in [0.1, 0.15) is 5.01 Å². The van der Waals surface area contributed by atoms with Crippen molar-refractivity contribution in [1.82, 2.24) is 4.98 Å².